The van der Waals surface area contributed by atoms with Gasteiger partial charge in [-0.05, 0) is 35.9 Å². The van der Waals surface area contributed by atoms with Crippen LogP contribution in [0.2, 0.25) is 0 Å². The molecule has 0 bridgehead atoms. The minimum atomic E-state index is -0.369. The molecule has 0 unspecified atom stereocenters. The van der Waals surface area contributed by atoms with E-state index in [-0.39, 0.29) is 11.7 Å². The zero-order valence-electron chi connectivity index (χ0n) is 11.9. The van der Waals surface area contributed by atoms with Crippen LogP contribution in [-0.2, 0) is 11.3 Å². The van der Waals surface area contributed by atoms with Crippen LogP contribution in [0.5, 0.6) is 5.75 Å². The van der Waals surface area contributed by atoms with E-state index in [1.807, 2.05) is 24.3 Å². The Kier molecular flexibility index (Phi) is 4.77. The quantitative estimate of drug-likeness (QED) is 0.886. The summed E-state index contributed by atoms with van der Waals surface area (Å²) in [5.74, 6) is 0.189. The van der Waals surface area contributed by atoms with Crippen molar-refractivity contribution in [3.05, 3.63) is 53.8 Å². The molecule has 0 saturated carbocycles. The van der Waals surface area contributed by atoms with E-state index in [2.05, 4.69) is 10.6 Å². The Morgan fingerprint density at radius 1 is 1.24 bits per heavy atom. The highest BCUT2D eigenvalue weighted by Crippen LogP contribution is 2.21. The van der Waals surface area contributed by atoms with Gasteiger partial charge in [-0.1, -0.05) is 12.1 Å². The molecule has 21 heavy (non-hydrogen) atoms. The maximum atomic E-state index is 13.8. The molecule has 0 aliphatic rings. The van der Waals surface area contributed by atoms with Gasteiger partial charge in [0.2, 0.25) is 5.91 Å². The molecule has 5 heteroatoms. The summed E-state index contributed by atoms with van der Waals surface area (Å²) in [6.45, 7) is 1.87. The summed E-state index contributed by atoms with van der Waals surface area (Å²) >= 11 is 0. The van der Waals surface area contributed by atoms with Crippen LogP contribution in [0.3, 0.4) is 0 Å². The molecular weight excluding hydrogens is 271 g/mol. The molecule has 0 aliphatic carbocycles. The maximum absolute atomic E-state index is 13.8. The number of rotatable bonds is 5. The van der Waals surface area contributed by atoms with Crippen LogP contribution in [0.15, 0.2) is 42.5 Å². The number of halogens is 1. The van der Waals surface area contributed by atoms with Crippen LogP contribution in [0, 0.1) is 5.82 Å². The topological polar surface area (TPSA) is 50.4 Å². The van der Waals surface area contributed by atoms with Crippen LogP contribution < -0.4 is 15.4 Å². The SMILES string of the molecule is COc1cccc(CNc2cc(NC(C)=O)ccc2F)c1. The van der Waals surface area contributed by atoms with Crippen molar-refractivity contribution in [3.8, 4) is 5.75 Å². The predicted octanol–water partition coefficient (Wildman–Crippen LogP) is 3.40. The van der Waals surface area contributed by atoms with E-state index < -0.39 is 0 Å². The zero-order chi connectivity index (χ0) is 15.2. The molecule has 1 amide bonds. The minimum Gasteiger partial charge on any atom is -0.497 e. The first-order chi connectivity index (χ1) is 10.1. The van der Waals surface area contributed by atoms with E-state index in [0.717, 1.165) is 11.3 Å². The lowest BCUT2D eigenvalue weighted by Crippen LogP contribution is -2.07. The smallest absolute Gasteiger partial charge is 0.221 e. The summed E-state index contributed by atoms with van der Waals surface area (Å²) in [4.78, 5) is 11.0. The minimum absolute atomic E-state index is 0.194. The fraction of sp³-hybridized carbons (Fsp3) is 0.188. The van der Waals surface area contributed by atoms with Crippen molar-refractivity contribution in [2.75, 3.05) is 17.7 Å². The number of anilines is 2. The van der Waals surface area contributed by atoms with Crippen LogP contribution in [0.25, 0.3) is 0 Å². The van der Waals surface area contributed by atoms with Crippen LogP contribution in [-0.4, -0.2) is 13.0 Å². The molecule has 110 valence electrons. The fourth-order valence-electron chi connectivity index (χ4n) is 1.92. The normalized spacial score (nSPS) is 10.0. The predicted molar refractivity (Wildman–Crippen MR) is 81.0 cm³/mol. The van der Waals surface area contributed by atoms with Gasteiger partial charge < -0.3 is 15.4 Å². The number of methoxy groups -OCH3 is 1. The molecule has 2 N–H and O–H groups in total. The van der Waals surface area contributed by atoms with Crippen molar-refractivity contribution in [2.45, 2.75) is 13.5 Å². The third kappa shape index (κ3) is 4.21. The lowest BCUT2D eigenvalue weighted by atomic mass is 10.2. The highest BCUT2D eigenvalue weighted by Gasteiger charge is 2.05. The van der Waals surface area contributed by atoms with Crippen LogP contribution in [0.4, 0.5) is 15.8 Å². The van der Waals surface area contributed by atoms with Gasteiger partial charge in [-0.15, -0.1) is 0 Å². The van der Waals surface area contributed by atoms with E-state index in [9.17, 15) is 9.18 Å². The number of hydrogen-bond acceptors (Lipinski definition) is 3. The van der Waals surface area contributed by atoms with E-state index in [1.165, 1.54) is 19.1 Å². The third-order valence-electron chi connectivity index (χ3n) is 2.90. The van der Waals surface area contributed by atoms with Gasteiger partial charge in [-0.3, -0.25) is 4.79 Å². The van der Waals surface area contributed by atoms with E-state index in [1.54, 1.807) is 13.2 Å². The van der Waals surface area contributed by atoms with Crippen molar-refractivity contribution < 1.29 is 13.9 Å². The number of carbonyl (C=O) groups excluding carboxylic acids is 1. The van der Waals surface area contributed by atoms with Gasteiger partial charge in [0.05, 0.1) is 12.8 Å². The molecule has 2 aromatic carbocycles. The number of carbonyl (C=O) groups is 1. The maximum Gasteiger partial charge on any atom is 0.221 e. The molecule has 0 aliphatic heterocycles. The Labute approximate surface area is 122 Å². The second-order valence-electron chi connectivity index (χ2n) is 4.58. The molecule has 0 spiro atoms. The van der Waals surface area contributed by atoms with Gasteiger partial charge in [0.15, 0.2) is 0 Å². The van der Waals surface area contributed by atoms with Crippen LogP contribution >= 0.6 is 0 Å². The number of nitrogens with one attached hydrogen (secondary N) is 2. The average Bonchev–Trinajstić information content (AvgIpc) is 2.47. The standard InChI is InChI=1S/C16H17FN2O2/c1-11(20)19-13-6-7-15(17)16(9-13)18-10-12-4-3-5-14(8-12)21-2/h3-9,18H,10H2,1-2H3,(H,19,20). The molecule has 0 heterocycles. The molecule has 2 rings (SSSR count). The van der Waals surface area contributed by atoms with Crippen LogP contribution in [0.1, 0.15) is 12.5 Å². The number of benzene rings is 2. The van der Waals surface area contributed by atoms with Gasteiger partial charge in [-0.2, -0.15) is 0 Å². The first-order valence-electron chi connectivity index (χ1n) is 6.52. The van der Waals surface area contributed by atoms with Crippen molar-refractivity contribution in [2.24, 2.45) is 0 Å². The summed E-state index contributed by atoms with van der Waals surface area (Å²) in [7, 11) is 1.60. The second kappa shape index (κ2) is 6.74. The second-order valence-corrected chi connectivity index (χ2v) is 4.58. The van der Waals surface area contributed by atoms with E-state index in [4.69, 9.17) is 4.74 Å². The summed E-state index contributed by atoms with van der Waals surface area (Å²) in [6, 6.07) is 11.9. The van der Waals surface area contributed by atoms with Crippen molar-refractivity contribution >= 4 is 17.3 Å². The average molecular weight is 288 g/mol. The monoisotopic (exact) mass is 288 g/mol. The Hall–Kier alpha value is -2.56. The van der Waals surface area contributed by atoms with Crippen molar-refractivity contribution in [3.63, 3.8) is 0 Å². The fourth-order valence-corrected chi connectivity index (χ4v) is 1.92. The Morgan fingerprint density at radius 3 is 2.76 bits per heavy atom. The summed E-state index contributed by atoms with van der Waals surface area (Å²) in [6.07, 6.45) is 0. The zero-order valence-corrected chi connectivity index (χ0v) is 11.9. The van der Waals surface area contributed by atoms with Gasteiger partial charge in [0.1, 0.15) is 11.6 Å². The molecule has 0 atom stereocenters. The number of hydrogen-bond donors (Lipinski definition) is 2. The van der Waals surface area contributed by atoms with Crippen molar-refractivity contribution in [1.82, 2.24) is 0 Å². The summed E-state index contributed by atoms with van der Waals surface area (Å²) in [5.41, 5.74) is 1.86. The third-order valence-corrected chi connectivity index (χ3v) is 2.90. The molecule has 0 radical (unpaired) electrons. The Morgan fingerprint density at radius 2 is 2.05 bits per heavy atom. The lowest BCUT2D eigenvalue weighted by molar-refractivity contribution is -0.114. The largest absolute Gasteiger partial charge is 0.497 e. The highest BCUT2D eigenvalue weighted by atomic mass is 19.1. The van der Waals surface area contributed by atoms with Gasteiger partial charge >= 0.3 is 0 Å². The first kappa shape index (κ1) is 14.8. The van der Waals surface area contributed by atoms with Gasteiger partial charge in [0.25, 0.3) is 0 Å². The summed E-state index contributed by atoms with van der Waals surface area (Å²) in [5, 5.41) is 5.64. The molecular formula is C16H17FN2O2. The Balaban J connectivity index is 2.09. The molecule has 0 aromatic heterocycles. The number of amides is 1. The molecule has 4 nitrogen and oxygen atoms in total. The highest BCUT2D eigenvalue weighted by molar-refractivity contribution is 5.89. The lowest BCUT2D eigenvalue weighted by Gasteiger charge is -2.11. The molecule has 2 aromatic rings. The molecule has 0 fully saturated rings. The molecule has 0 saturated heterocycles. The van der Waals surface area contributed by atoms with Gasteiger partial charge in [0, 0.05) is 19.2 Å². The van der Waals surface area contributed by atoms with Gasteiger partial charge in [-0.25, -0.2) is 4.39 Å². The number of ether oxygens (including phenoxy) is 1. The Bertz CT molecular complexity index is 644. The first-order valence-corrected chi connectivity index (χ1v) is 6.52. The van der Waals surface area contributed by atoms with Crippen molar-refractivity contribution in [1.29, 1.82) is 0 Å². The van der Waals surface area contributed by atoms with E-state index in [0.29, 0.717) is 17.9 Å². The summed E-state index contributed by atoms with van der Waals surface area (Å²) < 4.78 is 18.9. The van der Waals surface area contributed by atoms with E-state index >= 15 is 0 Å².